The van der Waals surface area contributed by atoms with Crippen molar-refractivity contribution in [1.29, 1.82) is 0 Å². The van der Waals surface area contributed by atoms with Crippen LogP contribution in [0.4, 0.5) is 0 Å². The molecule has 5 nitrogen and oxygen atoms in total. The molecule has 0 aliphatic carbocycles. The van der Waals surface area contributed by atoms with Crippen molar-refractivity contribution >= 4 is 23.5 Å². The molecule has 0 atom stereocenters. The van der Waals surface area contributed by atoms with E-state index in [2.05, 4.69) is 0 Å². The average Bonchev–Trinajstić information content (AvgIpc) is 2.82. The first-order valence-electron chi connectivity index (χ1n) is 6.64. The van der Waals surface area contributed by atoms with E-state index in [1.165, 1.54) is 11.0 Å². The fourth-order valence-electron chi connectivity index (χ4n) is 2.09. The van der Waals surface area contributed by atoms with Crippen LogP contribution >= 0.6 is 11.6 Å². The minimum atomic E-state index is -1.05. The fourth-order valence-corrected chi connectivity index (χ4v) is 2.27. The van der Waals surface area contributed by atoms with E-state index >= 15 is 0 Å². The number of halogens is 1. The molecule has 0 radical (unpaired) electrons. The molecule has 0 bridgehead atoms. The number of rotatable bonds is 4. The van der Waals surface area contributed by atoms with E-state index in [0.29, 0.717) is 22.1 Å². The van der Waals surface area contributed by atoms with Crippen molar-refractivity contribution in [2.24, 2.45) is 0 Å². The van der Waals surface area contributed by atoms with E-state index in [1.807, 2.05) is 6.92 Å². The van der Waals surface area contributed by atoms with Crippen LogP contribution in [0, 0.1) is 13.8 Å². The number of hydrogen-bond donors (Lipinski definition) is 1. The lowest BCUT2D eigenvalue weighted by molar-refractivity contribution is 0.0694. The Morgan fingerprint density at radius 2 is 1.95 bits per heavy atom. The van der Waals surface area contributed by atoms with Crippen LogP contribution in [0.1, 0.15) is 37.8 Å². The maximum Gasteiger partial charge on any atom is 0.339 e. The summed E-state index contributed by atoms with van der Waals surface area (Å²) in [4.78, 5) is 24.8. The molecule has 6 heteroatoms. The van der Waals surface area contributed by atoms with Gasteiger partial charge in [-0.1, -0.05) is 17.7 Å². The molecule has 22 heavy (non-hydrogen) atoms. The largest absolute Gasteiger partial charge is 0.478 e. The van der Waals surface area contributed by atoms with Crippen LogP contribution in [-0.2, 0) is 6.54 Å². The van der Waals surface area contributed by atoms with Gasteiger partial charge in [0.05, 0.1) is 6.54 Å². The van der Waals surface area contributed by atoms with E-state index in [9.17, 15) is 9.59 Å². The number of carbonyl (C=O) groups is 2. The summed E-state index contributed by atoms with van der Waals surface area (Å²) in [6.45, 7) is 3.62. The monoisotopic (exact) mass is 321 g/mol. The lowest BCUT2D eigenvalue weighted by Crippen LogP contribution is -2.26. The summed E-state index contributed by atoms with van der Waals surface area (Å²) in [6.07, 6.45) is 0. The summed E-state index contributed by atoms with van der Waals surface area (Å²) in [7, 11) is 1.62. The molecule has 2 rings (SSSR count). The third-order valence-electron chi connectivity index (χ3n) is 3.36. The van der Waals surface area contributed by atoms with Gasteiger partial charge in [0.25, 0.3) is 5.91 Å². The van der Waals surface area contributed by atoms with Crippen molar-refractivity contribution in [3.05, 3.63) is 57.5 Å². The van der Waals surface area contributed by atoms with Crippen LogP contribution < -0.4 is 0 Å². The highest BCUT2D eigenvalue weighted by Gasteiger charge is 2.18. The van der Waals surface area contributed by atoms with Gasteiger partial charge in [0.1, 0.15) is 17.1 Å². The summed E-state index contributed by atoms with van der Waals surface area (Å²) < 4.78 is 5.37. The number of nitrogens with zero attached hydrogens (tertiary/aromatic N) is 1. The topological polar surface area (TPSA) is 70.8 Å². The summed E-state index contributed by atoms with van der Waals surface area (Å²) in [6, 6.07) is 6.54. The van der Waals surface area contributed by atoms with E-state index in [4.69, 9.17) is 21.1 Å². The van der Waals surface area contributed by atoms with Crippen LogP contribution in [0.15, 0.2) is 28.7 Å². The van der Waals surface area contributed by atoms with Gasteiger partial charge in [0.15, 0.2) is 0 Å². The molecule has 1 amide bonds. The summed E-state index contributed by atoms with van der Waals surface area (Å²) in [5.41, 5.74) is 1.47. The predicted octanol–water partition coefficient (Wildman–Crippen LogP) is 3.52. The molecule has 1 aromatic heterocycles. The number of benzene rings is 1. The van der Waals surface area contributed by atoms with Gasteiger partial charge in [-0.2, -0.15) is 0 Å². The van der Waals surface area contributed by atoms with Crippen molar-refractivity contribution in [2.75, 3.05) is 7.05 Å². The highest BCUT2D eigenvalue weighted by molar-refractivity contribution is 6.31. The van der Waals surface area contributed by atoms with E-state index in [-0.39, 0.29) is 18.0 Å². The molecule has 0 saturated heterocycles. The lowest BCUT2D eigenvalue weighted by atomic mass is 10.1. The number of aromatic carboxylic acids is 1. The minimum Gasteiger partial charge on any atom is -0.478 e. The number of carboxylic acids is 1. The second-order valence-electron chi connectivity index (χ2n) is 5.11. The van der Waals surface area contributed by atoms with Crippen molar-refractivity contribution in [1.82, 2.24) is 4.90 Å². The Balaban J connectivity index is 2.16. The second kappa shape index (κ2) is 6.23. The van der Waals surface area contributed by atoms with Gasteiger partial charge in [0, 0.05) is 17.6 Å². The number of furan rings is 1. The third-order valence-corrected chi connectivity index (χ3v) is 3.76. The maximum absolute atomic E-state index is 12.3. The predicted molar refractivity (Wildman–Crippen MR) is 82.4 cm³/mol. The number of carboxylic acid groups (broad SMARTS) is 1. The van der Waals surface area contributed by atoms with Crippen molar-refractivity contribution < 1.29 is 19.1 Å². The van der Waals surface area contributed by atoms with Gasteiger partial charge >= 0.3 is 5.97 Å². The number of hydrogen-bond acceptors (Lipinski definition) is 3. The molecule has 0 saturated carbocycles. The molecule has 1 N–H and O–H groups in total. The van der Waals surface area contributed by atoms with Gasteiger partial charge < -0.3 is 14.4 Å². The molecular weight excluding hydrogens is 306 g/mol. The maximum atomic E-state index is 12.3. The third kappa shape index (κ3) is 3.31. The zero-order chi connectivity index (χ0) is 16.4. The Morgan fingerprint density at radius 3 is 2.50 bits per heavy atom. The first kappa shape index (κ1) is 16.1. The SMILES string of the molecule is Cc1ccc(C(=O)N(C)Cc2cc(C(=O)O)c(C)o2)cc1Cl. The van der Waals surface area contributed by atoms with Gasteiger partial charge in [0.2, 0.25) is 0 Å². The molecule has 0 aliphatic heterocycles. The Labute approximate surface area is 133 Å². The first-order valence-corrected chi connectivity index (χ1v) is 7.01. The van der Waals surface area contributed by atoms with Gasteiger partial charge in [-0.05, 0) is 37.6 Å². The molecular formula is C16H16ClNO4. The minimum absolute atomic E-state index is 0.106. The standard InChI is InChI=1S/C16H16ClNO4/c1-9-4-5-11(6-14(9)17)15(19)18(3)8-12-7-13(16(20)21)10(2)22-12/h4-7H,8H2,1-3H3,(H,20,21). The zero-order valence-electron chi connectivity index (χ0n) is 12.5. The van der Waals surface area contributed by atoms with Gasteiger partial charge in [-0.3, -0.25) is 4.79 Å². The van der Waals surface area contributed by atoms with E-state index in [0.717, 1.165) is 5.56 Å². The van der Waals surface area contributed by atoms with E-state index < -0.39 is 5.97 Å². The molecule has 0 aliphatic rings. The van der Waals surface area contributed by atoms with Crippen LogP contribution in [0.2, 0.25) is 5.02 Å². The Kier molecular flexibility index (Phi) is 4.56. The zero-order valence-corrected chi connectivity index (χ0v) is 13.3. The van der Waals surface area contributed by atoms with Gasteiger partial charge in [-0.15, -0.1) is 0 Å². The quantitative estimate of drug-likeness (QED) is 0.935. The smallest absolute Gasteiger partial charge is 0.339 e. The number of aryl methyl sites for hydroxylation is 2. The molecule has 0 fully saturated rings. The number of amides is 1. The second-order valence-corrected chi connectivity index (χ2v) is 5.52. The molecule has 1 heterocycles. The molecule has 0 spiro atoms. The highest BCUT2D eigenvalue weighted by atomic mass is 35.5. The Bertz CT molecular complexity index is 736. The first-order chi connectivity index (χ1) is 10.3. The molecule has 1 aromatic carbocycles. The van der Waals surface area contributed by atoms with Gasteiger partial charge in [-0.25, -0.2) is 4.79 Å². The molecule has 0 unspecified atom stereocenters. The lowest BCUT2D eigenvalue weighted by Gasteiger charge is -2.16. The van der Waals surface area contributed by atoms with Crippen LogP contribution in [-0.4, -0.2) is 28.9 Å². The summed E-state index contributed by atoms with van der Waals surface area (Å²) in [5.74, 6) is -0.523. The molecule has 2 aromatic rings. The van der Waals surface area contributed by atoms with Crippen LogP contribution in [0.5, 0.6) is 0 Å². The summed E-state index contributed by atoms with van der Waals surface area (Å²) in [5, 5.41) is 9.53. The number of carbonyl (C=O) groups excluding carboxylic acids is 1. The summed E-state index contributed by atoms with van der Waals surface area (Å²) >= 11 is 6.03. The Morgan fingerprint density at radius 1 is 1.27 bits per heavy atom. The van der Waals surface area contributed by atoms with Crippen molar-refractivity contribution in [2.45, 2.75) is 20.4 Å². The van der Waals surface area contributed by atoms with Crippen LogP contribution in [0.3, 0.4) is 0 Å². The fraction of sp³-hybridized carbons (Fsp3) is 0.250. The van der Waals surface area contributed by atoms with Crippen molar-refractivity contribution in [3.63, 3.8) is 0 Å². The molecule has 116 valence electrons. The van der Waals surface area contributed by atoms with Crippen LogP contribution in [0.25, 0.3) is 0 Å². The highest BCUT2D eigenvalue weighted by Crippen LogP contribution is 2.20. The van der Waals surface area contributed by atoms with E-state index in [1.54, 1.807) is 32.2 Å². The van der Waals surface area contributed by atoms with Crippen molar-refractivity contribution in [3.8, 4) is 0 Å². The Hall–Kier alpha value is -2.27. The normalized spacial score (nSPS) is 10.5. The average molecular weight is 322 g/mol.